The number of nitrogens with one attached hydrogen (secondary N) is 1. The number of ether oxygens (including phenoxy) is 2. The Balaban J connectivity index is 0.00000173. The second-order valence-corrected chi connectivity index (χ2v) is 11.9. The molecule has 0 saturated carbocycles. The van der Waals surface area contributed by atoms with Crippen molar-refractivity contribution in [3.8, 4) is 17.2 Å². The zero-order valence-electron chi connectivity index (χ0n) is 28.6. The molecule has 2 aliphatic rings. The number of fused-ring (bicyclic) bond motifs is 6. The molecule has 0 radical (unpaired) electrons. The van der Waals surface area contributed by atoms with Crippen molar-refractivity contribution in [3.63, 3.8) is 0 Å². The number of aryl methyl sites for hydroxylation is 2. The zero-order chi connectivity index (χ0) is 30.9. The molecule has 5 heterocycles. The summed E-state index contributed by atoms with van der Waals surface area (Å²) in [4.78, 5) is 33.1. The van der Waals surface area contributed by atoms with Crippen LogP contribution in [0.5, 0.6) is 17.2 Å². The minimum absolute atomic E-state index is 0. The van der Waals surface area contributed by atoms with E-state index in [1.54, 1.807) is 24.8 Å². The topological polar surface area (TPSA) is 107 Å². The molecule has 2 aromatic carbocycles. The van der Waals surface area contributed by atoms with Gasteiger partial charge in [-0.05, 0) is 74.4 Å². The largest absolute Gasteiger partial charge is 1.00 e. The van der Waals surface area contributed by atoms with E-state index in [0.29, 0.717) is 41.7 Å². The van der Waals surface area contributed by atoms with Gasteiger partial charge in [-0.25, -0.2) is 32.9 Å². The molecule has 5 aromatic rings. The van der Waals surface area contributed by atoms with E-state index < -0.39 is 0 Å². The summed E-state index contributed by atoms with van der Waals surface area (Å²) in [5, 5.41) is 3.46. The Bertz CT molecular complexity index is 1920. The molecule has 1 saturated heterocycles. The molecule has 1 N–H and O–H groups in total. The minimum atomic E-state index is 0. The molecule has 246 valence electrons. The van der Waals surface area contributed by atoms with Crippen LogP contribution in [0.25, 0.3) is 22.1 Å². The Kier molecular flexibility index (Phi) is 11.8. The molecular formula is C37H42LiN7O3-2. The second-order valence-electron chi connectivity index (χ2n) is 11.9. The van der Waals surface area contributed by atoms with Crippen LogP contribution in [-0.2, 0) is 11.8 Å². The van der Waals surface area contributed by atoms with E-state index in [1.807, 2.05) is 61.0 Å². The van der Waals surface area contributed by atoms with Crippen LogP contribution < -0.4 is 38.6 Å². The number of allylic oxidation sites excluding steroid dienone is 2. The van der Waals surface area contributed by atoms with E-state index >= 15 is 0 Å². The summed E-state index contributed by atoms with van der Waals surface area (Å²) in [5.41, 5.74) is 5.19. The van der Waals surface area contributed by atoms with Crippen molar-refractivity contribution in [2.24, 2.45) is 18.9 Å². The molecule has 48 heavy (non-hydrogen) atoms. The van der Waals surface area contributed by atoms with Crippen LogP contribution in [0.3, 0.4) is 0 Å². The maximum atomic E-state index is 12.1. The number of aromatic nitrogens is 5. The van der Waals surface area contributed by atoms with E-state index in [1.165, 1.54) is 0 Å². The minimum Gasteiger partial charge on any atom is -0.489 e. The molecule has 2 unspecified atom stereocenters. The van der Waals surface area contributed by atoms with Gasteiger partial charge in [0.1, 0.15) is 23.3 Å². The molecule has 0 aliphatic carbocycles. The third kappa shape index (κ3) is 7.45. The van der Waals surface area contributed by atoms with Crippen LogP contribution in [-0.4, -0.2) is 50.0 Å². The number of rotatable bonds is 8. The van der Waals surface area contributed by atoms with Gasteiger partial charge in [-0.15, -0.1) is 0 Å². The normalized spacial score (nSPS) is 16.8. The predicted octanol–water partition coefficient (Wildman–Crippen LogP) is 4.62. The molecular weight excluding hydrogens is 597 g/mol. The van der Waals surface area contributed by atoms with Crippen molar-refractivity contribution < 1.29 is 33.1 Å². The van der Waals surface area contributed by atoms with E-state index in [-0.39, 0.29) is 39.5 Å². The van der Waals surface area contributed by atoms with E-state index in [4.69, 9.17) is 14.5 Å². The third-order valence-electron chi connectivity index (χ3n) is 8.86. The van der Waals surface area contributed by atoms with Crippen molar-refractivity contribution in [1.29, 1.82) is 0 Å². The van der Waals surface area contributed by atoms with E-state index in [9.17, 15) is 4.79 Å². The molecule has 10 nitrogen and oxygen atoms in total. The fraction of sp³-hybridized carbons (Fsp3) is 0.297. The summed E-state index contributed by atoms with van der Waals surface area (Å²) in [6.45, 7) is 8.00. The van der Waals surface area contributed by atoms with Crippen molar-refractivity contribution in [2.75, 3.05) is 29.9 Å². The van der Waals surface area contributed by atoms with Gasteiger partial charge in [-0.3, -0.25) is 0 Å². The summed E-state index contributed by atoms with van der Waals surface area (Å²) in [6, 6.07) is 13.8. The van der Waals surface area contributed by atoms with Gasteiger partial charge in [-0.1, -0.05) is 0 Å². The Morgan fingerprint density at radius 3 is 2.79 bits per heavy atom. The molecule has 7 rings (SSSR count). The first-order valence-electron chi connectivity index (χ1n) is 15.4. The Morgan fingerprint density at radius 2 is 1.98 bits per heavy atom. The van der Waals surface area contributed by atoms with Gasteiger partial charge in [0.15, 0.2) is 17.4 Å². The molecule has 3 aromatic heterocycles. The molecule has 1 fully saturated rings. The van der Waals surface area contributed by atoms with Gasteiger partial charge in [0.25, 0.3) is 0 Å². The van der Waals surface area contributed by atoms with E-state index in [0.717, 1.165) is 77.7 Å². The molecule has 0 spiro atoms. The fourth-order valence-electron chi connectivity index (χ4n) is 6.47. The summed E-state index contributed by atoms with van der Waals surface area (Å²) >= 11 is 0. The van der Waals surface area contributed by atoms with Crippen molar-refractivity contribution >= 4 is 45.2 Å². The number of carbonyl (C=O) groups excluding carboxylic acids is 1. The summed E-state index contributed by atoms with van der Waals surface area (Å²) in [6.07, 6.45) is 10.00. The van der Waals surface area contributed by atoms with Crippen LogP contribution in [0.15, 0.2) is 67.3 Å². The molecule has 2 aliphatic heterocycles. The quantitative estimate of drug-likeness (QED) is 0.148. The number of pyridine rings is 1. The number of nitrogens with zero attached hydrogens (tertiary/aromatic N) is 6. The van der Waals surface area contributed by atoms with Crippen molar-refractivity contribution in [2.45, 2.75) is 32.6 Å². The SMILES string of the molecule is [CH2-]/C=C/C(=O)CCC1CCCN2CC1COc1cc3ncnc(Nc4ccc(Oc5ccc6c(c5)ncn6C)c(C)c4)c3nc12.[CH3-].[CH3-].[Li+]. The van der Waals surface area contributed by atoms with E-state index in [2.05, 4.69) is 32.1 Å². The van der Waals surface area contributed by atoms with Crippen LogP contribution >= 0.6 is 0 Å². The number of hydrogen-bond acceptors (Lipinski definition) is 9. The summed E-state index contributed by atoms with van der Waals surface area (Å²) in [5.74, 6) is 4.57. The molecule has 11 heteroatoms. The molecule has 2 atom stereocenters. The predicted molar refractivity (Wildman–Crippen MR) is 188 cm³/mol. The van der Waals surface area contributed by atoms with Gasteiger partial charge in [0, 0.05) is 43.9 Å². The first kappa shape index (κ1) is 36.3. The van der Waals surface area contributed by atoms with Crippen molar-refractivity contribution in [1.82, 2.24) is 24.5 Å². The standard InChI is InChI=1S/C35H36N7O3.2CH3.Li/c1-4-6-26(43)10-8-23-7-5-14-42-18-24(23)19-44-32-17-29-33(40-35(32)42)34(37-20-36-29)39-25-9-13-31(22(2)15-25)45-27-11-12-30-28(16-27)38-21-41(30)3;;;/h4,6,9,11-13,15-17,20-21,23-24H,1,5,7-8,10,14,18-19H2,2-3H3,(H,36,37,39);2*1H3;/q3*-1;+1/b6-4+;;;. The maximum Gasteiger partial charge on any atom is 1.00 e. The first-order valence-corrected chi connectivity index (χ1v) is 15.4. The Labute approximate surface area is 295 Å². The van der Waals surface area contributed by atoms with Crippen molar-refractivity contribution in [3.05, 3.63) is 94.6 Å². The Hall–Kier alpha value is -4.52. The number of carbonyl (C=O) groups is 1. The van der Waals surface area contributed by atoms with Gasteiger partial charge in [0.05, 0.1) is 35.3 Å². The third-order valence-corrected chi connectivity index (χ3v) is 8.86. The smallest absolute Gasteiger partial charge is 0.489 e. The van der Waals surface area contributed by atoms with Gasteiger partial charge in [0.2, 0.25) is 0 Å². The van der Waals surface area contributed by atoms with Crippen LogP contribution in [0, 0.1) is 40.5 Å². The fourth-order valence-corrected chi connectivity index (χ4v) is 6.47. The number of imidazole rings is 1. The van der Waals surface area contributed by atoms with Crippen LogP contribution in [0.2, 0.25) is 0 Å². The summed E-state index contributed by atoms with van der Waals surface area (Å²) in [7, 11) is 1.98. The van der Waals surface area contributed by atoms with Crippen LogP contribution in [0.1, 0.15) is 31.2 Å². The average Bonchev–Trinajstić information content (AvgIpc) is 3.18. The first-order chi connectivity index (χ1) is 21.9. The van der Waals surface area contributed by atoms with Gasteiger partial charge < -0.3 is 43.9 Å². The number of benzene rings is 2. The molecule has 0 amide bonds. The Morgan fingerprint density at radius 1 is 1.12 bits per heavy atom. The maximum absolute atomic E-state index is 12.1. The van der Waals surface area contributed by atoms with Crippen LogP contribution in [0.4, 0.5) is 17.3 Å². The van der Waals surface area contributed by atoms with Gasteiger partial charge in [-0.2, -0.15) is 6.08 Å². The monoisotopic (exact) mass is 639 g/mol. The number of hydrogen-bond donors (Lipinski definition) is 1. The zero-order valence-corrected chi connectivity index (χ0v) is 28.6. The molecule has 2 bridgehead atoms. The summed E-state index contributed by atoms with van der Waals surface area (Å²) < 4.78 is 14.6. The second kappa shape index (κ2) is 15.6. The number of anilines is 3. The van der Waals surface area contributed by atoms with Gasteiger partial charge >= 0.3 is 18.9 Å². The average molecular weight is 640 g/mol. The number of ketones is 1.